The number of anilines is 1. The average molecular weight is 536 g/mol. The van der Waals surface area contributed by atoms with Crippen molar-refractivity contribution < 1.29 is 18.0 Å². The summed E-state index contributed by atoms with van der Waals surface area (Å²) < 4.78 is 28.6. The number of hydrogen-bond donors (Lipinski definition) is 1. The minimum atomic E-state index is -4.06. The molecule has 0 heterocycles. The van der Waals surface area contributed by atoms with Crippen molar-refractivity contribution in [3.8, 4) is 0 Å². The molecule has 0 fully saturated rings. The van der Waals surface area contributed by atoms with Gasteiger partial charge in [-0.1, -0.05) is 67.1 Å². The molecule has 3 aromatic rings. The maximum Gasteiger partial charge on any atom is 0.264 e. The van der Waals surface area contributed by atoms with Gasteiger partial charge in [0, 0.05) is 12.6 Å². The molecule has 3 aromatic carbocycles. The van der Waals surface area contributed by atoms with Crippen LogP contribution in [0.25, 0.3) is 0 Å². The van der Waals surface area contributed by atoms with Gasteiger partial charge in [-0.25, -0.2) is 8.42 Å². The Labute approximate surface area is 226 Å². The fourth-order valence-corrected chi connectivity index (χ4v) is 5.40. The first-order chi connectivity index (χ1) is 18.0. The molecule has 7 nitrogen and oxygen atoms in total. The zero-order valence-corrected chi connectivity index (χ0v) is 23.5. The Morgan fingerprint density at radius 2 is 1.53 bits per heavy atom. The van der Waals surface area contributed by atoms with Crippen LogP contribution < -0.4 is 9.62 Å². The molecule has 38 heavy (non-hydrogen) atoms. The van der Waals surface area contributed by atoms with Crippen LogP contribution in [0.3, 0.4) is 0 Å². The number of carbonyl (C=O) groups excluding carboxylic acids is 2. The maximum atomic E-state index is 13.9. The van der Waals surface area contributed by atoms with E-state index in [-0.39, 0.29) is 23.4 Å². The molecule has 3 rings (SSSR count). The number of rotatable bonds is 11. The van der Waals surface area contributed by atoms with E-state index in [0.717, 1.165) is 27.4 Å². The molecule has 8 heteroatoms. The molecule has 2 atom stereocenters. The van der Waals surface area contributed by atoms with Crippen molar-refractivity contribution >= 4 is 27.5 Å². The van der Waals surface area contributed by atoms with Crippen LogP contribution in [0, 0.1) is 13.8 Å². The summed E-state index contributed by atoms with van der Waals surface area (Å²) in [5.41, 5.74) is 3.17. The third kappa shape index (κ3) is 7.22. The van der Waals surface area contributed by atoms with Crippen LogP contribution in [-0.4, -0.2) is 43.8 Å². The second-order valence-electron chi connectivity index (χ2n) is 9.66. The molecule has 0 aliphatic rings. The summed E-state index contributed by atoms with van der Waals surface area (Å²) in [6, 6.07) is 21.9. The highest BCUT2D eigenvalue weighted by molar-refractivity contribution is 7.92. The number of carbonyl (C=O) groups is 2. The third-order valence-electron chi connectivity index (χ3n) is 6.54. The molecule has 0 aromatic heterocycles. The van der Waals surface area contributed by atoms with Crippen molar-refractivity contribution in [1.29, 1.82) is 0 Å². The molecule has 0 saturated heterocycles. The van der Waals surface area contributed by atoms with Gasteiger partial charge in [0.15, 0.2) is 0 Å². The van der Waals surface area contributed by atoms with E-state index in [1.54, 1.807) is 43.3 Å². The zero-order valence-electron chi connectivity index (χ0n) is 22.7. The Bertz CT molecular complexity index is 1340. The van der Waals surface area contributed by atoms with Crippen molar-refractivity contribution in [3.05, 3.63) is 95.6 Å². The summed E-state index contributed by atoms with van der Waals surface area (Å²) >= 11 is 0. The van der Waals surface area contributed by atoms with Crippen LogP contribution in [0.2, 0.25) is 0 Å². The van der Waals surface area contributed by atoms with Gasteiger partial charge >= 0.3 is 0 Å². The predicted octanol–water partition coefficient (Wildman–Crippen LogP) is 4.83. The molecule has 2 unspecified atom stereocenters. The molecule has 0 aliphatic heterocycles. The van der Waals surface area contributed by atoms with Crippen molar-refractivity contribution in [2.75, 3.05) is 10.8 Å². The Morgan fingerprint density at radius 1 is 0.868 bits per heavy atom. The summed E-state index contributed by atoms with van der Waals surface area (Å²) in [6.07, 6.45) is 0.751. The van der Waals surface area contributed by atoms with E-state index in [1.807, 2.05) is 58.0 Å². The SMILES string of the molecule is CCC(C)NC(=O)C(C)N(Cc1ccc(C)cc1)C(=O)CN(c1cccc(C)c1)S(=O)(=O)c1ccccc1. The standard InChI is InChI=1S/C30H37N3O4S/c1-6-24(4)31-30(35)25(5)32(20-26-17-15-22(2)16-18-26)29(34)21-33(27-12-10-11-23(3)19-27)38(36,37)28-13-8-7-9-14-28/h7-19,24-25H,6,20-21H2,1-5H3,(H,31,35). The van der Waals surface area contributed by atoms with Crippen molar-refractivity contribution in [2.24, 2.45) is 0 Å². The number of hydrogen-bond acceptors (Lipinski definition) is 4. The number of benzene rings is 3. The second-order valence-corrected chi connectivity index (χ2v) is 11.5. The summed E-state index contributed by atoms with van der Waals surface area (Å²) in [6.45, 7) is 9.11. The van der Waals surface area contributed by atoms with Crippen LogP contribution in [0.5, 0.6) is 0 Å². The number of sulfonamides is 1. The van der Waals surface area contributed by atoms with Gasteiger partial charge in [-0.05, 0) is 69.5 Å². The topological polar surface area (TPSA) is 86.8 Å². The summed E-state index contributed by atoms with van der Waals surface area (Å²) in [5.74, 6) is -0.758. The Morgan fingerprint density at radius 3 is 2.13 bits per heavy atom. The lowest BCUT2D eigenvalue weighted by Gasteiger charge is -2.32. The summed E-state index contributed by atoms with van der Waals surface area (Å²) in [4.78, 5) is 28.5. The van der Waals surface area contributed by atoms with E-state index in [9.17, 15) is 18.0 Å². The van der Waals surface area contributed by atoms with Gasteiger partial charge in [0.05, 0.1) is 10.6 Å². The fraction of sp³-hybridized carbons (Fsp3) is 0.333. The molecule has 0 spiro atoms. The number of nitrogens with zero attached hydrogens (tertiary/aromatic N) is 2. The largest absolute Gasteiger partial charge is 0.352 e. The second kappa shape index (κ2) is 12.7. The average Bonchev–Trinajstić information content (AvgIpc) is 2.91. The van der Waals surface area contributed by atoms with Gasteiger partial charge < -0.3 is 10.2 Å². The molecule has 0 saturated carbocycles. The zero-order chi connectivity index (χ0) is 27.9. The lowest BCUT2D eigenvalue weighted by atomic mass is 10.1. The first kappa shape index (κ1) is 28.9. The minimum absolute atomic E-state index is 0.0523. The lowest BCUT2D eigenvalue weighted by Crippen LogP contribution is -2.52. The fourth-order valence-electron chi connectivity index (χ4n) is 3.97. The molecular weight excluding hydrogens is 498 g/mol. The normalized spacial score (nSPS) is 12.9. The minimum Gasteiger partial charge on any atom is -0.352 e. The predicted molar refractivity (Wildman–Crippen MR) is 151 cm³/mol. The number of amides is 2. The lowest BCUT2D eigenvalue weighted by molar-refractivity contribution is -0.139. The van der Waals surface area contributed by atoms with Gasteiger partial charge in [-0.3, -0.25) is 13.9 Å². The van der Waals surface area contributed by atoms with Gasteiger partial charge in [0.2, 0.25) is 11.8 Å². The van der Waals surface area contributed by atoms with Crippen molar-refractivity contribution in [1.82, 2.24) is 10.2 Å². The Balaban J connectivity index is 2.01. The van der Waals surface area contributed by atoms with Gasteiger partial charge in [-0.2, -0.15) is 0 Å². The summed E-state index contributed by atoms with van der Waals surface area (Å²) in [7, 11) is -4.06. The molecule has 0 aliphatic carbocycles. The number of aryl methyl sites for hydroxylation is 2. The third-order valence-corrected chi connectivity index (χ3v) is 8.33. The van der Waals surface area contributed by atoms with E-state index < -0.39 is 28.5 Å². The van der Waals surface area contributed by atoms with E-state index in [4.69, 9.17) is 0 Å². The van der Waals surface area contributed by atoms with Crippen LogP contribution in [0.1, 0.15) is 43.9 Å². The van der Waals surface area contributed by atoms with Crippen LogP contribution in [-0.2, 0) is 26.2 Å². The first-order valence-corrected chi connectivity index (χ1v) is 14.3. The molecule has 0 radical (unpaired) electrons. The van der Waals surface area contributed by atoms with Crippen LogP contribution >= 0.6 is 0 Å². The van der Waals surface area contributed by atoms with E-state index in [1.165, 1.54) is 17.0 Å². The maximum absolute atomic E-state index is 13.9. The first-order valence-electron chi connectivity index (χ1n) is 12.8. The molecule has 1 N–H and O–H groups in total. The van der Waals surface area contributed by atoms with Gasteiger partial charge in [0.1, 0.15) is 12.6 Å². The molecule has 0 bridgehead atoms. The Hall–Kier alpha value is -3.65. The van der Waals surface area contributed by atoms with Crippen molar-refractivity contribution in [3.63, 3.8) is 0 Å². The van der Waals surface area contributed by atoms with Crippen molar-refractivity contribution in [2.45, 2.75) is 64.6 Å². The van der Waals surface area contributed by atoms with Gasteiger partial charge in [0.25, 0.3) is 10.0 Å². The highest BCUT2D eigenvalue weighted by Gasteiger charge is 2.32. The summed E-state index contributed by atoms with van der Waals surface area (Å²) in [5, 5.41) is 2.94. The van der Waals surface area contributed by atoms with Crippen LogP contribution in [0.4, 0.5) is 5.69 Å². The number of nitrogens with one attached hydrogen (secondary N) is 1. The molecule has 202 valence electrons. The Kier molecular flexibility index (Phi) is 9.69. The van der Waals surface area contributed by atoms with E-state index in [0.29, 0.717) is 5.69 Å². The monoisotopic (exact) mass is 535 g/mol. The van der Waals surface area contributed by atoms with E-state index in [2.05, 4.69) is 5.32 Å². The quantitative estimate of drug-likeness (QED) is 0.381. The highest BCUT2D eigenvalue weighted by atomic mass is 32.2. The highest BCUT2D eigenvalue weighted by Crippen LogP contribution is 2.25. The van der Waals surface area contributed by atoms with E-state index >= 15 is 0 Å². The molecular formula is C30H37N3O4S. The van der Waals surface area contributed by atoms with Crippen LogP contribution in [0.15, 0.2) is 83.8 Å². The smallest absolute Gasteiger partial charge is 0.264 e. The van der Waals surface area contributed by atoms with Gasteiger partial charge in [-0.15, -0.1) is 0 Å². The molecule has 2 amide bonds.